The van der Waals surface area contributed by atoms with Crippen molar-refractivity contribution in [3.05, 3.63) is 11.9 Å². The van der Waals surface area contributed by atoms with E-state index in [1.807, 2.05) is 0 Å². The van der Waals surface area contributed by atoms with Gasteiger partial charge in [0.2, 0.25) is 5.91 Å². The average Bonchev–Trinajstić information content (AvgIpc) is 2.91. The fourth-order valence-electron chi connectivity index (χ4n) is 1.52. The second-order valence-corrected chi connectivity index (χ2v) is 4.32. The molecule has 20 heavy (non-hydrogen) atoms. The summed E-state index contributed by atoms with van der Waals surface area (Å²) in [7, 11) is 3.25. The van der Waals surface area contributed by atoms with E-state index in [1.54, 1.807) is 32.0 Å². The first-order valence-electron chi connectivity index (χ1n) is 6.56. The Morgan fingerprint density at radius 3 is 2.75 bits per heavy atom. The quantitative estimate of drug-likeness (QED) is 0.555. The van der Waals surface area contributed by atoms with Crippen LogP contribution in [0.25, 0.3) is 0 Å². The Hall–Kier alpha value is -1.51. The maximum Gasteiger partial charge on any atom is 0.244 e. The Balaban J connectivity index is 2.38. The highest BCUT2D eigenvalue weighted by Gasteiger charge is 2.15. The monoisotopic (exact) mass is 285 g/mol. The smallest absolute Gasteiger partial charge is 0.244 e. The van der Waals surface area contributed by atoms with Gasteiger partial charge in [-0.1, -0.05) is 5.21 Å². The van der Waals surface area contributed by atoms with Gasteiger partial charge in [-0.25, -0.2) is 4.68 Å². The summed E-state index contributed by atoms with van der Waals surface area (Å²) in [5.41, 5.74) is 0.789. The zero-order valence-electron chi connectivity index (χ0n) is 12.3. The molecule has 1 aromatic rings. The fraction of sp³-hybridized carbons (Fsp3) is 0.750. The molecule has 1 aromatic heterocycles. The maximum absolute atomic E-state index is 11.8. The molecule has 2 N–H and O–H groups in total. The number of methoxy groups -OCH3 is 2. The van der Waals surface area contributed by atoms with Crippen LogP contribution in [0.1, 0.15) is 18.7 Å². The summed E-state index contributed by atoms with van der Waals surface area (Å²) in [6.07, 6.45) is 1.76. The number of hydrogen-bond acceptors (Lipinski definition) is 6. The van der Waals surface area contributed by atoms with Gasteiger partial charge in [-0.05, 0) is 6.92 Å². The molecule has 1 atom stereocenters. The van der Waals surface area contributed by atoms with Gasteiger partial charge < -0.3 is 20.1 Å². The number of amides is 1. The second-order valence-electron chi connectivity index (χ2n) is 4.32. The number of nitrogens with zero attached hydrogens (tertiary/aromatic N) is 3. The predicted molar refractivity (Wildman–Crippen MR) is 73.2 cm³/mol. The van der Waals surface area contributed by atoms with Crippen LogP contribution in [-0.2, 0) is 20.8 Å². The van der Waals surface area contributed by atoms with Crippen LogP contribution in [0.3, 0.4) is 0 Å². The zero-order valence-corrected chi connectivity index (χ0v) is 12.3. The number of ether oxygens (including phenoxy) is 2. The molecule has 8 nitrogen and oxygen atoms in total. The van der Waals surface area contributed by atoms with E-state index < -0.39 is 6.04 Å². The van der Waals surface area contributed by atoms with Crippen molar-refractivity contribution in [1.82, 2.24) is 25.6 Å². The first kappa shape index (κ1) is 16.5. The van der Waals surface area contributed by atoms with Crippen molar-refractivity contribution >= 4 is 5.91 Å². The van der Waals surface area contributed by atoms with Gasteiger partial charge in [-0.2, -0.15) is 0 Å². The molecule has 0 aromatic carbocycles. The maximum atomic E-state index is 11.8. The standard InChI is InChI=1S/C12H23N5O3/c1-10(12(18)14-5-7-20-3)17-9-11(15-16-17)8-13-4-6-19-2/h9-10,13H,4-8H2,1-3H3,(H,14,18). The summed E-state index contributed by atoms with van der Waals surface area (Å²) in [5, 5.41) is 13.9. The van der Waals surface area contributed by atoms with Gasteiger partial charge in [0, 0.05) is 33.9 Å². The van der Waals surface area contributed by atoms with Crippen molar-refractivity contribution in [2.24, 2.45) is 0 Å². The molecule has 0 aliphatic rings. The largest absolute Gasteiger partial charge is 0.383 e. The van der Waals surface area contributed by atoms with E-state index in [2.05, 4.69) is 20.9 Å². The molecule has 0 fully saturated rings. The van der Waals surface area contributed by atoms with Crippen LogP contribution < -0.4 is 10.6 Å². The Morgan fingerprint density at radius 2 is 2.05 bits per heavy atom. The van der Waals surface area contributed by atoms with E-state index in [1.165, 1.54) is 0 Å². The minimum absolute atomic E-state index is 0.106. The van der Waals surface area contributed by atoms with Gasteiger partial charge in [0.15, 0.2) is 0 Å². The Morgan fingerprint density at radius 1 is 1.35 bits per heavy atom. The van der Waals surface area contributed by atoms with Crippen LogP contribution in [0.5, 0.6) is 0 Å². The molecule has 0 radical (unpaired) electrons. The topological polar surface area (TPSA) is 90.3 Å². The van der Waals surface area contributed by atoms with Gasteiger partial charge >= 0.3 is 0 Å². The van der Waals surface area contributed by atoms with Crippen LogP contribution in [0.4, 0.5) is 0 Å². The lowest BCUT2D eigenvalue weighted by Crippen LogP contribution is -2.33. The number of aromatic nitrogens is 3. The minimum Gasteiger partial charge on any atom is -0.383 e. The molecular weight excluding hydrogens is 262 g/mol. The highest BCUT2D eigenvalue weighted by atomic mass is 16.5. The summed E-state index contributed by atoms with van der Waals surface area (Å²) in [6, 6.07) is -0.396. The highest BCUT2D eigenvalue weighted by molar-refractivity contribution is 5.79. The number of rotatable bonds is 10. The molecule has 0 saturated carbocycles. The molecular formula is C12H23N5O3. The van der Waals surface area contributed by atoms with Crippen molar-refractivity contribution in [1.29, 1.82) is 0 Å². The van der Waals surface area contributed by atoms with Gasteiger partial charge in [0.05, 0.1) is 25.1 Å². The molecule has 1 unspecified atom stereocenters. The summed E-state index contributed by atoms with van der Waals surface area (Å²) in [5.74, 6) is -0.106. The van der Waals surface area contributed by atoms with Crippen molar-refractivity contribution in [2.45, 2.75) is 19.5 Å². The summed E-state index contributed by atoms with van der Waals surface area (Å²) in [4.78, 5) is 11.8. The van der Waals surface area contributed by atoms with E-state index in [0.717, 1.165) is 12.2 Å². The Bertz CT molecular complexity index is 396. The SMILES string of the molecule is COCCNCc1cn(C(C)C(=O)NCCOC)nn1. The third-order valence-electron chi connectivity index (χ3n) is 2.73. The van der Waals surface area contributed by atoms with Crippen LogP contribution in [0, 0.1) is 0 Å². The number of carbonyl (C=O) groups excluding carboxylic acids is 1. The van der Waals surface area contributed by atoms with E-state index in [0.29, 0.717) is 26.3 Å². The van der Waals surface area contributed by atoms with E-state index in [4.69, 9.17) is 9.47 Å². The van der Waals surface area contributed by atoms with Crippen molar-refractivity contribution in [3.63, 3.8) is 0 Å². The van der Waals surface area contributed by atoms with Crippen molar-refractivity contribution in [2.75, 3.05) is 40.5 Å². The summed E-state index contributed by atoms with van der Waals surface area (Å²) in [6.45, 7) is 4.74. The van der Waals surface area contributed by atoms with Crippen LogP contribution in [0.15, 0.2) is 6.20 Å². The van der Waals surface area contributed by atoms with E-state index in [-0.39, 0.29) is 5.91 Å². The van der Waals surface area contributed by atoms with Crippen LogP contribution >= 0.6 is 0 Å². The van der Waals surface area contributed by atoms with E-state index in [9.17, 15) is 4.79 Å². The average molecular weight is 285 g/mol. The third-order valence-corrected chi connectivity index (χ3v) is 2.73. The molecule has 0 saturated heterocycles. The molecule has 114 valence electrons. The third kappa shape index (κ3) is 5.64. The molecule has 0 aliphatic heterocycles. The van der Waals surface area contributed by atoms with Crippen LogP contribution in [-0.4, -0.2) is 61.4 Å². The molecule has 1 rings (SSSR count). The minimum atomic E-state index is -0.396. The number of carbonyl (C=O) groups is 1. The molecule has 0 bridgehead atoms. The first-order valence-corrected chi connectivity index (χ1v) is 6.56. The fourth-order valence-corrected chi connectivity index (χ4v) is 1.52. The lowest BCUT2D eigenvalue weighted by Gasteiger charge is -2.11. The van der Waals surface area contributed by atoms with E-state index >= 15 is 0 Å². The van der Waals surface area contributed by atoms with Crippen molar-refractivity contribution < 1.29 is 14.3 Å². The van der Waals surface area contributed by atoms with Gasteiger partial charge in [0.25, 0.3) is 0 Å². The molecule has 1 amide bonds. The molecule has 8 heteroatoms. The van der Waals surface area contributed by atoms with Crippen LogP contribution in [0.2, 0.25) is 0 Å². The van der Waals surface area contributed by atoms with Gasteiger partial charge in [-0.15, -0.1) is 5.10 Å². The molecule has 0 aliphatic carbocycles. The number of hydrogen-bond donors (Lipinski definition) is 2. The molecule has 1 heterocycles. The lowest BCUT2D eigenvalue weighted by molar-refractivity contribution is -0.124. The highest BCUT2D eigenvalue weighted by Crippen LogP contribution is 2.04. The Kier molecular flexibility index (Phi) is 7.78. The van der Waals surface area contributed by atoms with Crippen molar-refractivity contribution in [3.8, 4) is 0 Å². The normalized spacial score (nSPS) is 12.3. The first-order chi connectivity index (χ1) is 9.69. The lowest BCUT2D eigenvalue weighted by atomic mass is 10.3. The van der Waals surface area contributed by atoms with Gasteiger partial charge in [0.1, 0.15) is 6.04 Å². The summed E-state index contributed by atoms with van der Waals surface area (Å²) < 4.78 is 11.4. The van der Waals surface area contributed by atoms with Gasteiger partial charge in [-0.3, -0.25) is 4.79 Å². The second kappa shape index (κ2) is 9.40. The predicted octanol–water partition coefficient (Wildman–Crippen LogP) is -0.662. The number of nitrogens with one attached hydrogen (secondary N) is 2. The summed E-state index contributed by atoms with van der Waals surface area (Å²) >= 11 is 0. The Labute approximate surface area is 118 Å². The molecule has 0 spiro atoms. The zero-order chi connectivity index (χ0) is 14.8.